The molecule has 3 heterocycles. The van der Waals surface area contributed by atoms with Gasteiger partial charge in [0.15, 0.2) is 0 Å². The van der Waals surface area contributed by atoms with E-state index in [1.165, 1.54) is 35.7 Å². The maximum absolute atomic E-state index is 13.9. The number of nitrogens with one attached hydrogen (secondary N) is 2. The predicted octanol–water partition coefficient (Wildman–Crippen LogP) is 7.03. The minimum Gasteiger partial charge on any atom is -0.460 e. The molecule has 0 spiro atoms. The summed E-state index contributed by atoms with van der Waals surface area (Å²) in [5.74, 6) is 0.285. The topological polar surface area (TPSA) is 143 Å². The number of halogens is 1. The van der Waals surface area contributed by atoms with Crippen molar-refractivity contribution < 1.29 is 32.5 Å². The molecule has 258 valence electrons. The number of carbonyl (C=O) groups excluding carboxylic acids is 2. The molecule has 1 fully saturated rings. The lowest BCUT2D eigenvalue weighted by atomic mass is 10.2. The number of anilines is 1. The molecular weight excluding hydrogens is 648 g/mol. The number of aromatic nitrogens is 3. The Balaban J connectivity index is 0.000000311. The van der Waals surface area contributed by atoms with Crippen LogP contribution in [0.1, 0.15) is 65.8 Å². The molecule has 0 bridgehead atoms. The molecule has 1 aliphatic heterocycles. The van der Waals surface area contributed by atoms with Gasteiger partial charge in [0.25, 0.3) is 0 Å². The van der Waals surface area contributed by atoms with Gasteiger partial charge in [-0.25, -0.2) is 19.1 Å². The number of thioether (sulfide) groups is 1. The highest BCUT2D eigenvalue weighted by Gasteiger charge is 2.34. The lowest BCUT2D eigenvalue weighted by Crippen LogP contribution is -2.33. The van der Waals surface area contributed by atoms with Crippen molar-refractivity contribution >= 4 is 38.2 Å². The fourth-order valence-corrected chi connectivity index (χ4v) is 6.11. The molecule has 3 aromatic rings. The van der Waals surface area contributed by atoms with Crippen LogP contribution in [0, 0.1) is 0 Å². The number of nitrogens with zero attached hydrogens (tertiary/aromatic N) is 3. The Kier molecular flexibility index (Phi) is 16.8. The normalized spacial score (nSPS) is 18.3. The third-order valence-corrected chi connectivity index (χ3v) is 8.60. The molecule has 12 nitrogen and oxygen atoms in total. The number of carbonyl (C=O) groups is 2. The predicted molar refractivity (Wildman–Crippen MR) is 183 cm³/mol. The van der Waals surface area contributed by atoms with Crippen LogP contribution < -0.4 is 20.6 Å². The third-order valence-electron chi connectivity index (χ3n) is 5.84. The fraction of sp³-hybridized carbons (Fsp3) is 0.469. The molecule has 2 N–H and O–H groups in total. The van der Waals surface area contributed by atoms with Crippen LogP contribution in [0.25, 0.3) is 0 Å². The quantitative estimate of drug-likeness (QED) is 0.167. The van der Waals surface area contributed by atoms with E-state index in [4.69, 9.17) is 18.5 Å². The number of ether oxygens (including phenoxy) is 2. The van der Waals surface area contributed by atoms with Gasteiger partial charge in [0, 0.05) is 24.8 Å². The van der Waals surface area contributed by atoms with Crippen molar-refractivity contribution in [3.8, 4) is 5.75 Å². The second-order valence-corrected chi connectivity index (χ2v) is 13.8. The Bertz CT molecular complexity index is 1430. The number of rotatable bonds is 10. The zero-order chi connectivity index (χ0) is 35.0. The number of pyridine rings is 1. The van der Waals surface area contributed by atoms with Gasteiger partial charge in [0.2, 0.25) is 0 Å². The average Bonchev–Trinajstić information content (AvgIpc) is 3.37. The summed E-state index contributed by atoms with van der Waals surface area (Å²) in [5, 5.41) is 4.95. The molecule has 1 saturated heterocycles. The van der Waals surface area contributed by atoms with Gasteiger partial charge in [0.1, 0.15) is 41.4 Å². The summed E-state index contributed by atoms with van der Waals surface area (Å²) in [6.45, 7) is 13.1. The van der Waals surface area contributed by atoms with E-state index in [1.54, 1.807) is 52.2 Å². The molecule has 47 heavy (non-hydrogen) atoms. The van der Waals surface area contributed by atoms with Gasteiger partial charge in [-0.3, -0.25) is 19.7 Å². The molecule has 1 amide bonds. The van der Waals surface area contributed by atoms with E-state index < -0.39 is 43.5 Å². The van der Waals surface area contributed by atoms with E-state index in [0.717, 1.165) is 5.56 Å². The maximum Gasteiger partial charge on any atom is 0.413 e. The molecule has 5 atom stereocenters. The molecule has 4 rings (SSSR count). The highest BCUT2D eigenvalue weighted by atomic mass is 32.2. The largest absolute Gasteiger partial charge is 0.460 e. The van der Waals surface area contributed by atoms with Gasteiger partial charge >= 0.3 is 26.3 Å². The summed E-state index contributed by atoms with van der Waals surface area (Å²) in [7, 11) is 0.0486. The van der Waals surface area contributed by atoms with Crippen LogP contribution in [0.5, 0.6) is 5.75 Å². The average molecular weight is 694 g/mol. The summed E-state index contributed by atoms with van der Waals surface area (Å²) >= 11 is 1.40. The van der Waals surface area contributed by atoms with Gasteiger partial charge in [-0.1, -0.05) is 51.1 Å². The van der Waals surface area contributed by atoms with Crippen molar-refractivity contribution in [2.45, 2.75) is 89.9 Å². The second-order valence-electron chi connectivity index (χ2n) is 10.9. The molecular formula is C32H45FN5O7PS. The standard InChI is InChI=1S/C16H19N2O4P.C14H20FN3O3S.C2H6/c1-13(16(19)21-12-14-7-4-3-5-8-14)18-23(20-2)22-15-9-6-10-17-11-15;1-8-7-9(15)11(22-8)18-6-5-10(16-12(18)19)17-13(20)21-14(2,3)4;1-2/h3-11,13,18H,12H2,1-2H3;5-6,8-9,11H,7H2,1-4H3,(H,16,17,19,20);1-2H3. The Morgan fingerprint density at radius 3 is 2.40 bits per heavy atom. The summed E-state index contributed by atoms with van der Waals surface area (Å²) in [6.07, 6.45) is 3.32. The number of benzene rings is 1. The smallest absolute Gasteiger partial charge is 0.413 e. The summed E-state index contributed by atoms with van der Waals surface area (Å²) in [6, 6.07) is 13.9. The Morgan fingerprint density at radius 1 is 1.15 bits per heavy atom. The first-order valence-electron chi connectivity index (χ1n) is 15.1. The first kappa shape index (κ1) is 39.6. The number of esters is 1. The Hall–Kier alpha value is -3.58. The van der Waals surface area contributed by atoms with Gasteiger partial charge in [-0.2, -0.15) is 4.98 Å². The molecule has 15 heteroatoms. The van der Waals surface area contributed by atoms with Gasteiger partial charge in [0.05, 0.1) is 6.20 Å². The Morgan fingerprint density at radius 2 is 1.85 bits per heavy atom. The zero-order valence-electron chi connectivity index (χ0n) is 28.0. The Labute approximate surface area is 281 Å². The molecule has 5 unspecified atom stereocenters. The van der Waals surface area contributed by atoms with Crippen molar-refractivity contribution in [1.82, 2.24) is 19.6 Å². The van der Waals surface area contributed by atoms with Gasteiger partial charge in [-0.15, -0.1) is 11.8 Å². The molecule has 2 aromatic heterocycles. The van der Waals surface area contributed by atoms with Crippen LogP contribution in [0.4, 0.5) is 15.0 Å². The lowest BCUT2D eigenvalue weighted by molar-refractivity contribution is -0.146. The number of amides is 1. The van der Waals surface area contributed by atoms with E-state index in [0.29, 0.717) is 12.2 Å². The molecule has 0 saturated carbocycles. The van der Waals surface area contributed by atoms with Gasteiger partial charge in [-0.05, 0) is 57.9 Å². The monoisotopic (exact) mass is 693 g/mol. The van der Waals surface area contributed by atoms with E-state index in [-0.39, 0.29) is 23.6 Å². The van der Waals surface area contributed by atoms with Crippen molar-refractivity contribution in [3.05, 3.63) is 83.2 Å². The summed E-state index contributed by atoms with van der Waals surface area (Å²) < 4.78 is 36.4. The minimum atomic E-state index is -1.46. The SMILES string of the molecule is CC.CC1CC(F)C(n2ccc(NC(=O)OC(C)(C)C)nc2=O)S1.COP(NC(C)C(=O)OCc1ccccc1)Oc1cccnc1. The number of hydrogen-bond donors (Lipinski definition) is 2. The van der Waals surface area contributed by atoms with Crippen LogP contribution >= 0.6 is 20.3 Å². The second kappa shape index (κ2) is 19.9. The molecule has 0 radical (unpaired) electrons. The first-order valence-corrected chi connectivity index (χ1v) is 17.2. The zero-order valence-corrected chi connectivity index (χ0v) is 29.7. The maximum atomic E-state index is 13.9. The molecule has 0 aliphatic carbocycles. The van der Waals surface area contributed by atoms with Crippen LogP contribution in [0.2, 0.25) is 0 Å². The van der Waals surface area contributed by atoms with Crippen LogP contribution in [0.15, 0.2) is 71.9 Å². The summed E-state index contributed by atoms with van der Waals surface area (Å²) in [5.41, 5.74) is -0.298. The van der Waals surface area contributed by atoms with E-state index in [9.17, 15) is 18.8 Å². The lowest BCUT2D eigenvalue weighted by Gasteiger charge is -2.20. The van der Waals surface area contributed by atoms with E-state index >= 15 is 0 Å². The van der Waals surface area contributed by atoms with E-state index in [2.05, 4.69) is 20.4 Å². The third kappa shape index (κ3) is 14.4. The highest BCUT2D eigenvalue weighted by molar-refractivity contribution is 8.00. The van der Waals surface area contributed by atoms with Crippen molar-refractivity contribution in [3.63, 3.8) is 0 Å². The molecule has 1 aliphatic rings. The highest BCUT2D eigenvalue weighted by Crippen LogP contribution is 2.42. The van der Waals surface area contributed by atoms with Crippen molar-refractivity contribution in [2.24, 2.45) is 0 Å². The molecule has 1 aromatic carbocycles. The first-order chi connectivity index (χ1) is 22.3. The number of hydrogen-bond acceptors (Lipinski definition) is 11. The fourth-order valence-electron chi connectivity index (χ4n) is 3.81. The summed E-state index contributed by atoms with van der Waals surface area (Å²) in [4.78, 5) is 43.4. The van der Waals surface area contributed by atoms with E-state index in [1.807, 2.05) is 51.1 Å². The van der Waals surface area contributed by atoms with Crippen LogP contribution in [-0.2, 0) is 25.4 Å². The van der Waals surface area contributed by atoms with Crippen molar-refractivity contribution in [2.75, 3.05) is 12.4 Å². The van der Waals surface area contributed by atoms with Crippen LogP contribution in [-0.4, -0.2) is 56.8 Å². The number of alkyl halides is 1. The van der Waals surface area contributed by atoms with Crippen LogP contribution in [0.3, 0.4) is 0 Å². The van der Waals surface area contributed by atoms with Gasteiger partial charge < -0.3 is 18.5 Å². The minimum absolute atomic E-state index is 0.0851. The van der Waals surface area contributed by atoms with Crippen molar-refractivity contribution in [1.29, 1.82) is 0 Å².